The lowest BCUT2D eigenvalue weighted by atomic mass is 10.0. The SMILES string of the molecule is Cc1ccc(C(C)C)c(OCCN2C(=O)S/C(=C\c3cc(C)n(-c4ccc([N+](=O)[O-])cc4)c3C)C2=O)c1. The van der Waals surface area contributed by atoms with Gasteiger partial charge in [0.1, 0.15) is 12.4 Å². The Hall–Kier alpha value is -3.85. The number of imide groups is 1. The van der Waals surface area contributed by atoms with Crippen molar-refractivity contribution < 1.29 is 19.2 Å². The van der Waals surface area contributed by atoms with Crippen LogP contribution in [-0.2, 0) is 4.79 Å². The normalized spacial score (nSPS) is 14.8. The summed E-state index contributed by atoms with van der Waals surface area (Å²) in [6.45, 7) is 10.4. The van der Waals surface area contributed by atoms with Gasteiger partial charge in [0.15, 0.2) is 0 Å². The van der Waals surface area contributed by atoms with Crippen molar-refractivity contribution in [1.29, 1.82) is 0 Å². The first-order chi connectivity index (χ1) is 17.6. The molecule has 3 aromatic rings. The van der Waals surface area contributed by atoms with Gasteiger partial charge in [0, 0.05) is 29.2 Å². The van der Waals surface area contributed by atoms with Crippen LogP contribution in [-0.4, -0.2) is 38.7 Å². The first-order valence-electron chi connectivity index (χ1n) is 12.0. The molecule has 8 nitrogen and oxygen atoms in total. The summed E-state index contributed by atoms with van der Waals surface area (Å²) < 4.78 is 7.94. The van der Waals surface area contributed by atoms with Crippen LogP contribution in [0.3, 0.4) is 0 Å². The second kappa shape index (κ2) is 10.6. The van der Waals surface area contributed by atoms with Gasteiger partial charge >= 0.3 is 0 Å². The number of ether oxygens (including phenoxy) is 1. The van der Waals surface area contributed by atoms with Gasteiger partial charge in [0.25, 0.3) is 16.8 Å². The molecular formula is C28H29N3O5S. The van der Waals surface area contributed by atoms with E-state index in [9.17, 15) is 19.7 Å². The molecular weight excluding hydrogens is 490 g/mol. The summed E-state index contributed by atoms with van der Waals surface area (Å²) >= 11 is 0.917. The van der Waals surface area contributed by atoms with Gasteiger partial charge in [-0.15, -0.1) is 0 Å². The number of benzene rings is 2. The maximum atomic E-state index is 13.1. The van der Waals surface area contributed by atoms with Crippen molar-refractivity contribution >= 4 is 34.7 Å². The molecule has 0 radical (unpaired) electrons. The van der Waals surface area contributed by atoms with E-state index in [1.165, 1.54) is 17.0 Å². The average molecular weight is 520 g/mol. The van der Waals surface area contributed by atoms with Gasteiger partial charge in [-0.3, -0.25) is 24.6 Å². The highest BCUT2D eigenvalue weighted by Gasteiger charge is 2.35. The quantitative estimate of drug-likeness (QED) is 0.190. The van der Waals surface area contributed by atoms with E-state index < -0.39 is 4.92 Å². The topological polar surface area (TPSA) is 94.7 Å². The average Bonchev–Trinajstić information content (AvgIpc) is 3.27. The van der Waals surface area contributed by atoms with E-state index in [0.29, 0.717) is 10.8 Å². The Bertz CT molecular complexity index is 1410. The molecule has 1 aliphatic heterocycles. The smallest absolute Gasteiger partial charge is 0.293 e. The predicted octanol–water partition coefficient (Wildman–Crippen LogP) is 6.55. The fourth-order valence-corrected chi connectivity index (χ4v) is 5.23. The standard InChI is InChI=1S/C28H29N3O5S/c1-17(2)24-11-6-18(3)14-25(24)36-13-12-29-27(32)26(37-28(29)33)16-21-15-19(4)30(20(21)5)22-7-9-23(10-8-22)31(34)35/h6-11,14-17H,12-13H2,1-5H3/b26-16-. The maximum Gasteiger partial charge on any atom is 0.293 e. The summed E-state index contributed by atoms with van der Waals surface area (Å²) in [4.78, 5) is 37.8. The molecule has 0 aliphatic carbocycles. The molecule has 0 spiro atoms. The van der Waals surface area contributed by atoms with Gasteiger partial charge in [-0.25, -0.2) is 0 Å². The minimum Gasteiger partial charge on any atom is -0.491 e. The minimum atomic E-state index is -0.435. The lowest BCUT2D eigenvalue weighted by Crippen LogP contribution is -2.32. The van der Waals surface area contributed by atoms with E-state index in [1.54, 1.807) is 18.2 Å². The molecule has 0 N–H and O–H groups in total. The summed E-state index contributed by atoms with van der Waals surface area (Å²) in [7, 11) is 0. The van der Waals surface area contributed by atoms with Gasteiger partial charge in [0.05, 0.1) is 16.4 Å². The van der Waals surface area contributed by atoms with E-state index in [0.717, 1.165) is 51.3 Å². The van der Waals surface area contributed by atoms with E-state index >= 15 is 0 Å². The molecule has 1 aliphatic rings. The summed E-state index contributed by atoms with van der Waals surface area (Å²) in [5.74, 6) is 0.726. The third kappa shape index (κ3) is 5.46. The Morgan fingerprint density at radius 2 is 1.76 bits per heavy atom. The highest BCUT2D eigenvalue weighted by Crippen LogP contribution is 2.34. The van der Waals surface area contributed by atoms with Crippen molar-refractivity contribution in [3.8, 4) is 11.4 Å². The highest BCUT2D eigenvalue weighted by atomic mass is 32.2. The number of rotatable bonds is 8. The van der Waals surface area contributed by atoms with E-state index in [2.05, 4.69) is 13.8 Å². The molecule has 0 unspecified atom stereocenters. The predicted molar refractivity (Wildman–Crippen MR) is 145 cm³/mol. The molecule has 0 saturated carbocycles. The number of nitro benzene ring substituents is 1. The first kappa shape index (κ1) is 26.2. The van der Waals surface area contributed by atoms with Crippen LogP contribution in [0.2, 0.25) is 0 Å². The van der Waals surface area contributed by atoms with Crippen molar-refractivity contribution in [2.45, 2.75) is 40.5 Å². The number of carbonyl (C=O) groups excluding carboxylic acids is 2. The molecule has 37 heavy (non-hydrogen) atoms. The number of nitrogens with zero attached hydrogens (tertiary/aromatic N) is 3. The van der Waals surface area contributed by atoms with Crippen LogP contribution < -0.4 is 4.74 Å². The van der Waals surface area contributed by atoms with Crippen molar-refractivity contribution in [3.05, 3.63) is 91.6 Å². The molecule has 2 heterocycles. The summed E-state index contributed by atoms with van der Waals surface area (Å²) in [5.41, 5.74) is 5.54. The second-order valence-electron chi connectivity index (χ2n) is 9.31. The Balaban J connectivity index is 1.49. The van der Waals surface area contributed by atoms with Gasteiger partial charge in [-0.1, -0.05) is 26.0 Å². The van der Waals surface area contributed by atoms with Gasteiger partial charge in [0.2, 0.25) is 0 Å². The zero-order valence-corrected chi connectivity index (χ0v) is 22.3. The molecule has 9 heteroatoms. The number of hydrogen-bond acceptors (Lipinski definition) is 6. The lowest BCUT2D eigenvalue weighted by molar-refractivity contribution is -0.384. The molecule has 2 aromatic carbocycles. The second-order valence-corrected chi connectivity index (χ2v) is 10.3. The molecule has 0 atom stereocenters. The van der Waals surface area contributed by atoms with Crippen LogP contribution in [0.4, 0.5) is 10.5 Å². The lowest BCUT2D eigenvalue weighted by Gasteiger charge is -2.17. The number of aryl methyl sites for hydroxylation is 2. The summed E-state index contributed by atoms with van der Waals surface area (Å²) in [5, 5.41) is 10.7. The van der Waals surface area contributed by atoms with Gasteiger partial charge in [-0.05, 0) is 85.5 Å². The number of amides is 2. The van der Waals surface area contributed by atoms with Crippen molar-refractivity contribution in [2.24, 2.45) is 0 Å². The Morgan fingerprint density at radius 1 is 1.05 bits per heavy atom. The fraction of sp³-hybridized carbons (Fsp3) is 0.286. The van der Waals surface area contributed by atoms with Crippen molar-refractivity contribution in [2.75, 3.05) is 13.2 Å². The largest absolute Gasteiger partial charge is 0.491 e. The molecule has 192 valence electrons. The summed E-state index contributed by atoms with van der Waals surface area (Å²) in [6, 6.07) is 14.3. The monoisotopic (exact) mass is 519 g/mol. The Kier molecular flexibility index (Phi) is 7.54. The Labute approximate surface area is 220 Å². The molecule has 1 fully saturated rings. The van der Waals surface area contributed by atoms with Crippen LogP contribution in [0, 0.1) is 30.9 Å². The number of carbonyl (C=O) groups is 2. The van der Waals surface area contributed by atoms with Crippen molar-refractivity contribution in [3.63, 3.8) is 0 Å². The van der Waals surface area contributed by atoms with Crippen LogP contribution in [0.25, 0.3) is 11.8 Å². The Morgan fingerprint density at radius 3 is 2.41 bits per heavy atom. The van der Waals surface area contributed by atoms with Crippen molar-refractivity contribution in [1.82, 2.24) is 9.47 Å². The highest BCUT2D eigenvalue weighted by molar-refractivity contribution is 8.18. The van der Waals surface area contributed by atoms with Crippen LogP contribution >= 0.6 is 11.8 Å². The zero-order chi connectivity index (χ0) is 26.9. The number of nitro groups is 1. The maximum absolute atomic E-state index is 13.1. The number of non-ortho nitro benzene ring substituents is 1. The molecule has 0 bridgehead atoms. The molecule has 4 rings (SSSR count). The third-order valence-electron chi connectivity index (χ3n) is 6.31. The van der Waals surface area contributed by atoms with Crippen LogP contribution in [0.5, 0.6) is 5.75 Å². The first-order valence-corrected chi connectivity index (χ1v) is 12.8. The minimum absolute atomic E-state index is 0.0203. The van der Waals surface area contributed by atoms with Crippen LogP contribution in [0.15, 0.2) is 53.4 Å². The number of hydrogen-bond donors (Lipinski definition) is 0. The van der Waals surface area contributed by atoms with E-state index in [1.807, 2.05) is 49.6 Å². The van der Waals surface area contributed by atoms with Gasteiger partial charge < -0.3 is 9.30 Å². The number of thioether (sulfide) groups is 1. The molecule has 2 amide bonds. The van der Waals surface area contributed by atoms with E-state index in [-0.39, 0.29) is 30.0 Å². The van der Waals surface area contributed by atoms with Crippen LogP contribution in [0.1, 0.15) is 47.8 Å². The molecule has 1 saturated heterocycles. The zero-order valence-electron chi connectivity index (χ0n) is 21.5. The molecule has 1 aromatic heterocycles. The summed E-state index contributed by atoms with van der Waals surface area (Å²) in [6.07, 6.45) is 1.73. The third-order valence-corrected chi connectivity index (χ3v) is 7.22. The number of aromatic nitrogens is 1. The van der Waals surface area contributed by atoms with E-state index in [4.69, 9.17) is 4.74 Å². The fourth-order valence-electron chi connectivity index (χ4n) is 4.38. The van der Waals surface area contributed by atoms with Gasteiger partial charge in [-0.2, -0.15) is 0 Å².